The van der Waals surface area contributed by atoms with Crippen molar-refractivity contribution in [1.82, 2.24) is 0 Å². The number of aliphatic hydroxyl groups excluding tert-OH is 1. The van der Waals surface area contributed by atoms with Crippen LogP contribution in [0.4, 0.5) is 0 Å². The summed E-state index contributed by atoms with van der Waals surface area (Å²) in [5.74, 6) is -0.625. The highest BCUT2D eigenvalue weighted by Gasteiger charge is 2.16. The highest BCUT2D eigenvalue weighted by Crippen LogP contribution is 2.17. The lowest BCUT2D eigenvalue weighted by Gasteiger charge is -2.15. The molecule has 0 amide bonds. The van der Waals surface area contributed by atoms with Crippen LogP contribution in [0.2, 0.25) is 0 Å². The largest absolute Gasteiger partial charge is 0.462 e. The van der Waals surface area contributed by atoms with Crippen LogP contribution in [0.25, 0.3) is 0 Å². The molecule has 0 aliphatic rings. The van der Waals surface area contributed by atoms with Crippen LogP contribution < -0.4 is 0 Å². The first kappa shape index (κ1) is 66.6. The molecule has 0 fully saturated rings. The fraction of sp³-hybridized carbons (Fsp3) is 0.692. The van der Waals surface area contributed by atoms with Gasteiger partial charge in [0, 0.05) is 12.8 Å². The van der Waals surface area contributed by atoms with Crippen molar-refractivity contribution < 1.29 is 24.2 Å². The third-order valence-corrected chi connectivity index (χ3v) is 12.6. The van der Waals surface area contributed by atoms with Gasteiger partial charge in [-0.2, -0.15) is 0 Å². The number of carbonyl (C=O) groups is 2. The number of ether oxygens (including phenoxy) is 2. The molecule has 1 unspecified atom stereocenters. The number of aliphatic hydroxyl groups is 1. The summed E-state index contributed by atoms with van der Waals surface area (Å²) in [4.78, 5) is 24.5. The number of carbonyl (C=O) groups excluding carboxylic acids is 2. The molecular formula is C65H110O5. The summed E-state index contributed by atoms with van der Waals surface area (Å²) in [6.45, 7) is 3.90. The SMILES string of the molecule is CC/C=C\C/C=C\C/C=C\C/C=C\C/C=C\CCCCCC(=O)OC(CO)COC(=O)CCCCCCCCCCCCCCCCCCCCCCCCCC/C=C\C/C=C\C/C=C\C/C=C\CC. The summed E-state index contributed by atoms with van der Waals surface area (Å²) in [5.41, 5.74) is 0. The van der Waals surface area contributed by atoms with E-state index >= 15 is 0 Å². The third-order valence-electron chi connectivity index (χ3n) is 12.6. The van der Waals surface area contributed by atoms with Gasteiger partial charge in [0.15, 0.2) is 6.10 Å². The van der Waals surface area contributed by atoms with E-state index < -0.39 is 6.10 Å². The molecule has 5 heteroatoms. The Bertz CT molecular complexity index is 1380. The summed E-state index contributed by atoms with van der Waals surface area (Å²) in [7, 11) is 0. The number of allylic oxidation sites excluding steroid dienone is 18. The van der Waals surface area contributed by atoms with Crippen molar-refractivity contribution in [2.24, 2.45) is 0 Å². The minimum atomic E-state index is -0.794. The topological polar surface area (TPSA) is 72.8 Å². The molecule has 70 heavy (non-hydrogen) atoms. The van der Waals surface area contributed by atoms with Crippen LogP contribution in [-0.2, 0) is 19.1 Å². The van der Waals surface area contributed by atoms with E-state index in [2.05, 4.69) is 123 Å². The van der Waals surface area contributed by atoms with Gasteiger partial charge in [0.25, 0.3) is 0 Å². The maximum absolute atomic E-state index is 12.3. The second-order valence-corrected chi connectivity index (χ2v) is 19.3. The monoisotopic (exact) mass is 971 g/mol. The lowest BCUT2D eigenvalue weighted by molar-refractivity contribution is -0.161. The third kappa shape index (κ3) is 57.1. The molecule has 0 spiro atoms. The molecule has 400 valence electrons. The molecule has 0 aliphatic carbocycles. The second kappa shape index (κ2) is 59.9. The van der Waals surface area contributed by atoms with Crippen LogP contribution in [-0.4, -0.2) is 36.4 Å². The molecule has 0 radical (unpaired) electrons. The maximum Gasteiger partial charge on any atom is 0.306 e. The first-order chi connectivity index (χ1) is 34.6. The van der Waals surface area contributed by atoms with Crippen LogP contribution >= 0.6 is 0 Å². The zero-order chi connectivity index (χ0) is 50.6. The van der Waals surface area contributed by atoms with Gasteiger partial charge in [-0.05, 0) is 96.3 Å². The summed E-state index contributed by atoms with van der Waals surface area (Å²) in [6.07, 6.45) is 86.6. The van der Waals surface area contributed by atoms with Gasteiger partial charge in [0.05, 0.1) is 6.61 Å². The van der Waals surface area contributed by atoms with Crippen molar-refractivity contribution >= 4 is 11.9 Å². The van der Waals surface area contributed by atoms with Crippen molar-refractivity contribution in [2.75, 3.05) is 13.2 Å². The number of rotatable bonds is 53. The van der Waals surface area contributed by atoms with E-state index in [1.807, 2.05) is 0 Å². The number of esters is 2. The lowest BCUT2D eigenvalue weighted by Crippen LogP contribution is -2.28. The van der Waals surface area contributed by atoms with Crippen LogP contribution in [0.5, 0.6) is 0 Å². The van der Waals surface area contributed by atoms with Gasteiger partial charge >= 0.3 is 11.9 Å². The Labute approximate surface area is 433 Å². The van der Waals surface area contributed by atoms with Crippen molar-refractivity contribution in [3.63, 3.8) is 0 Å². The molecular weight excluding hydrogens is 861 g/mol. The van der Waals surface area contributed by atoms with Crippen LogP contribution in [0, 0.1) is 0 Å². The molecule has 0 aromatic heterocycles. The molecule has 0 rings (SSSR count). The van der Waals surface area contributed by atoms with Crippen molar-refractivity contribution in [3.8, 4) is 0 Å². The molecule has 5 nitrogen and oxygen atoms in total. The van der Waals surface area contributed by atoms with Crippen LogP contribution in [0.3, 0.4) is 0 Å². The number of unbranched alkanes of at least 4 members (excludes halogenated alkanes) is 27. The molecule has 0 saturated heterocycles. The summed E-state index contributed by atoms with van der Waals surface area (Å²) in [5, 5.41) is 9.64. The van der Waals surface area contributed by atoms with Crippen LogP contribution in [0.15, 0.2) is 109 Å². The van der Waals surface area contributed by atoms with Crippen molar-refractivity contribution in [1.29, 1.82) is 0 Å². The van der Waals surface area contributed by atoms with Gasteiger partial charge in [0.1, 0.15) is 6.61 Å². The van der Waals surface area contributed by atoms with E-state index in [1.54, 1.807) is 0 Å². The fourth-order valence-corrected chi connectivity index (χ4v) is 8.22. The van der Waals surface area contributed by atoms with E-state index in [1.165, 1.54) is 141 Å². The molecule has 0 aromatic carbocycles. The van der Waals surface area contributed by atoms with Crippen molar-refractivity contribution in [3.05, 3.63) is 109 Å². The molecule has 1 N–H and O–H groups in total. The predicted octanol–water partition coefficient (Wildman–Crippen LogP) is 20.1. The minimum absolute atomic E-state index is 0.0819. The van der Waals surface area contributed by atoms with E-state index in [0.29, 0.717) is 12.8 Å². The molecule has 0 heterocycles. The highest BCUT2D eigenvalue weighted by atomic mass is 16.6. The Morgan fingerprint density at radius 1 is 0.329 bits per heavy atom. The summed E-state index contributed by atoms with van der Waals surface area (Å²) >= 11 is 0. The quantitative estimate of drug-likeness (QED) is 0.0373. The van der Waals surface area contributed by atoms with Gasteiger partial charge in [-0.1, -0.05) is 271 Å². The van der Waals surface area contributed by atoms with Crippen molar-refractivity contribution in [2.45, 2.75) is 277 Å². The fourth-order valence-electron chi connectivity index (χ4n) is 8.22. The zero-order valence-electron chi connectivity index (χ0n) is 45.7. The van der Waals surface area contributed by atoms with Crippen LogP contribution in [0.1, 0.15) is 271 Å². The average molecular weight is 972 g/mol. The lowest BCUT2D eigenvalue weighted by atomic mass is 10.0. The Morgan fingerprint density at radius 2 is 0.571 bits per heavy atom. The zero-order valence-corrected chi connectivity index (χ0v) is 45.7. The Hall–Kier alpha value is -3.44. The Balaban J connectivity index is 3.46. The van der Waals surface area contributed by atoms with Gasteiger partial charge in [-0.15, -0.1) is 0 Å². The molecule has 0 aliphatic heterocycles. The normalized spacial score (nSPS) is 13.0. The first-order valence-corrected chi connectivity index (χ1v) is 29.4. The van der Waals surface area contributed by atoms with Gasteiger partial charge in [-0.25, -0.2) is 0 Å². The van der Waals surface area contributed by atoms with E-state index in [4.69, 9.17) is 9.47 Å². The number of hydrogen-bond acceptors (Lipinski definition) is 5. The second-order valence-electron chi connectivity index (χ2n) is 19.3. The summed E-state index contributed by atoms with van der Waals surface area (Å²) in [6, 6.07) is 0. The Morgan fingerprint density at radius 3 is 0.871 bits per heavy atom. The predicted molar refractivity (Wildman–Crippen MR) is 306 cm³/mol. The molecule has 0 saturated carbocycles. The Kier molecular flexibility index (Phi) is 56.9. The number of hydrogen-bond donors (Lipinski definition) is 1. The standard InChI is InChI=1S/C65H110O5/c1-3-5-7-9-11-13-15-17-19-21-23-24-25-26-27-28-29-30-31-32-33-34-35-36-37-38-39-40-42-43-45-47-49-51-53-55-57-59-64(67)69-62-63(61-66)70-65(68)60-58-56-54-52-50-48-46-44-41-22-20-18-16-14-12-10-8-6-4-2/h5-8,11-14,17-20,23-24,41,44,48,50,63,66H,3-4,9-10,15-16,21-22,25-40,42-43,45-47,49,51-62H2,1-2H3/b7-5-,8-6-,13-11-,14-12-,19-17-,20-18-,24-23-,44-41-,50-48-. The first-order valence-electron chi connectivity index (χ1n) is 29.4. The van der Waals surface area contributed by atoms with E-state index in [0.717, 1.165) is 103 Å². The van der Waals surface area contributed by atoms with Gasteiger partial charge in [0.2, 0.25) is 0 Å². The molecule has 1 atom stereocenters. The van der Waals surface area contributed by atoms with Gasteiger partial charge < -0.3 is 14.6 Å². The average Bonchev–Trinajstić information content (AvgIpc) is 3.36. The minimum Gasteiger partial charge on any atom is -0.462 e. The maximum atomic E-state index is 12.3. The highest BCUT2D eigenvalue weighted by molar-refractivity contribution is 5.70. The molecule has 0 bridgehead atoms. The summed E-state index contributed by atoms with van der Waals surface area (Å²) < 4.78 is 10.7. The van der Waals surface area contributed by atoms with Gasteiger partial charge in [-0.3, -0.25) is 9.59 Å². The molecule has 0 aromatic rings. The van der Waals surface area contributed by atoms with E-state index in [9.17, 15) is 14.7 Å². The smallest absolute Gasteiger partial charge is 0.306 e. The van der Waals surface area contributed by atoms with E-state index in [-0.39, 0.29) is 25.2 Å².